The van der Waals surface area contributed by atoms with Gasteiger partial charge in [0.25, 0.3) is 5.56 Å². The van der Waals surface area contributed by atoms with Gasteiger partial charge in [-0.3, -0.25) is 9.59 Å². The summed E-state index contributed by atoms with van der Waals surface area (Å²) in [5.41, 5.74) is 3.29. The van der Waals surface area contributed by atoms with Crippen molar-refractivity contribution in [3.05, 3.63) is 56.4 Å². The molecule has 6 nitrogen and oxygen atoms in total. The van der Waals surface area contributed by atoms with Gasteiger partial charge in [0, 0.05) is 17.1 Å². The fourth-order valence-corrected chi connectivity index (χ4v) is 6.73. The van der Waals surface area contributed by atoms with Crippen molar-refractivity contribution in [2.75, 3.05) is 30.7 Å². The zero-order valence-electron chi connectivity index (χ0n) is 18.8. The lowest BCUT2D eigenvalue weighted by atomic mass is 9.97. The van der Waals surface area contributed by atoms with Crippen LogP contribution in [0.2, 0.25) is 0 Å². The van der Waals surface area contributed by atoms with Gasteiger partial charge in [0.15, 0.2) is 0 Å². The van der Waals surface area contributed by atoms with E-state index in [1.807, 2.05) is 12.1 Å². The van der Waals surface area contributed by atoms with Gasteiger partial charge in [-0.05, 0) is 81.3 Å². The van der Waals surface area contributed by atoms with Crippen LogP contribution in [0.3, 0.4) is 0 Å². The van der Waals surface area contributed by atoms with Crippen molar-refractivity contribution in [2.45, 2.75) is 50.7 Å². The Labute approximate surface area is 202 Å². The molecular weight excluding hydrogens is 452 g/mol. The van der Waals surface area contributed by atoms with E-state index in [0.29, 0.717) is 17.3 Å². The summed E-state index contributed by atoms with van der Waals surface area (Å²) in [5, 5.41) is 3.75. The van der Waals surface area contributed by atoms with Crippen molar-refractivity contribution in [3.63, 3.8) is 0 Å². The lowest BCUT2D eigenvalue weighted by Gasteiger charge is -2.14. The minimum Gasteiger partial charge on any atom is -0.325 e. The highest BCUT2D eigenvalue weighted by Crippen LogP contribution is 2.33. The highest BCUT2D eigenvalue weighted by molar-refractivity contribution is 7.99. The number of aromatic nitrogens is 2. The van der Waals surface area contributed by atoms with E-state index in [2.05, 4.69) is 32.3 Å². The Bertz CT molecular complexity index is 1180. The summed E-state index contributed by atoms with van der Waals surface area (Å²) in [6, 6.07) is 8.16. The maximum atomic E-state index is 12.6. The average molecular weight is 483 g/mol. The van der Waals surface area contributed by atoms with Crippen molar-refractivity contribution in [2.24, 2.45) is 0 Å². The third-order valence-electron chi connectivity index (χ3n) is 6.50. The number of H-pyrrole nitrogens is 1. The number of thioether (sulfide) groups is 1. The first-order valence-electron chi connectivity index (χ1n) is 11.9. The first-order valence-corrected chi connectivity index (χ1v) is 13.9. The molecule has 2 aromatic heterocycles. The Morgan fingerprint density at radius 1 is 1.12 bits per heavy atom. The van der Waals surface area contributed by atoms with Gasteiger partial charge in [-0.15, -0.1) is 23.1 Å². The van der Waals surface area contributed by atoms with Crippen LogP contribution in [0.5, 0.6) is 0 Å². The van der Waals surface area contributed by atoms with E-state index in [9.17, 15) is 9.59 Å². The highest BCUT2D eigenvalue weighted by atomic mass is 32.2. The molecule has 1 aliphatic carbocycles. The minimum atomic E-state index is -0.0418. The van der Waals surface area contributed by atoms with E-state index >= 15 is 0 Å². The summed E-state index contributed by atoms with van der Waals surface area (Å²) < 4.78 is 0. The summed E-state index contributed by atoms with van der Waals surface area (Å²) >= 11 is 3.12. The van der Waals surface area contributed by atoms with Gasteiger partial charge in [0.05, 0.1) is 16.9 Å². The van der Waals surface area contributed by atoms with Gasteiger partial charge >= 0.3 is 0 Å². The van der Waals surface area contributed by atoms with Gasteiger partial charge < -0.3 is 15.2 Å². The molecule has 3 aromatic rings. The molecule has 174 valence electrons. The molecule has 0 radical (unpaired) electrons. The number of hydrogen-bond acceptors (Lipinski definition) is 6. The maximum Gasteiger partial charge on any atom is 0.259 e. The summed E-state index contributed by atoms with van der Waals surface area (Å²) in [4.78, 5) is 37.3. The number of aromatic amines is 1. The summed E-state index contributed by atoms with van der Waals surface area (Å²) in [6.07, 6.45) is 8.06. The van der Waals surface area contributed by atoms with E-state index in [0.717, 1.165) is 48.1 Å². The lowest BCUT2D eigenvalue weighted by Crippen LogP contribution is -2.21. The smallest absolute Gasteiger partial charge is 0.259 e. The van der Waals surface area contributed by atoms with Gasteiger partial charge in [0.1, 0.15) is 10.7 Å². The molecule has 2 N–H and O–H groups in total. The molecule has 1 amide bonds. The minimum absolute atomic E-state index is 0.0377. The molecule has 0 bridgehead atoms. The Hall–Kier alpha value is -2.16. The SMILES string of the molecule is O=C(CSCc1nc2sc3c(c2c(=O)[nH]1)CCCC3)Nc1ccc(CCN2CCCC2)cc1. The number of thiophene rings is 1. The molecule has 33 heavy (non-hydrogen) atoms. The van der Waals surface area contributed by atoms with Crippen molar-refractivity contribution in [1.82, 2.24) is 14.9 Å². The van der Waals surface area contributed by atoms with Crippen molar-refractivity contribution in [1.29, 1.82) is 0 Å². The standard InChI is InChI=1S/C25H30N4O2S2/c30-22(26-18-9-7-17(8-10-18)11-14-29-12-3-4-13-29)16-32-15-21-27-24(31)23-19-5-1-2-6-20(19)33-25(23)28-21/h7-10H,1-6,11-16H2,(H,26,30)(H,27,28,31). The number of fused-ring (bicyclic) bond motifs is 3. The quantitative estimate of drug-likeness (QED) is 0.498. The number of carbonyl (C=O) groups excluding carboxylic acids is 1. The van der Waals surface area contributed by atoms with E-state index in [-0.39, 0.29) is 11.5 Å². The van der Waals surface area contributed by atoms with Crippen LogP contribution in [0.1, 0.15) is 47.5 Å². The number of hydrogen-bond donors (Lipinski definition) is 2. The van der Waals surface area contributed by atoms with E-state index in [1.165, 1.54) is 60.1 Å². The normalized spacial score (nSPS) is 16.2. The van der Waals surface area contributed by atoms with Crippen LogP contribution in [0, 0.1) is 0 Å². The number of nitrogens with one attached hydrogen (secondary N) is 2. The molecule has 0 unspecified atom stereocenters. The molecule has 1 aliphatic heterocycles. The van der Waals surface area contributed by atoms with Crippen molar-refractivity contribution in [3.8, 4) is 0 Å². The Morgan fingerprint density at radius 3 is 2.73 bits per heavy atom. The third kappa shape index (κ3) is 5.50. The van der Waals surface area contributed by atoms with Crippen molar-refractivity contribution < 1.29 is 4.79 Å². The highest BCUT2D eigenvalue weighted by Gasteiger charge is 2.19. The predicted molar refractivity (Wildman–Crippen MR) is 137 cm³/mol. The number of rotatable bonds is 8. The first kappa shape index (κ1) is 22.6. The molecule has 1 fully saturated rings. The summed E-state index contributed by atoms with van der Waals surface area (Å²) in [5.74, 6) is 1.43. The number of anilines is 1. The monoisotopic (exact) mass is 482 g/mol. The van der Waals surface area contributed by atoms with E-state index in [4.69, 9.17) is 0 Å². The topological polar surface area (TPSA) is 78.1 Å². The second kappa shape index (κ2) is 10.4. The number of aryl methyl sites for hydroxylation is 2. The van der Waals surface area contributed by atoms with E-state index < -0.39 is 0 Å². The molecule has 3 heterocycles. The molecular formula is C25H30N4O2S2. The fourth-order valence-electron chi connectivity index (χ4n) is 4.76. The lowest BCUT2D eigenvalue weighted by molar-refractivity contribution is -0.113. The molecule has 2 aliphatic rings. The van der Waals surface area contributed by atoms with Crippen LogP contribution in [0.15, 0.2) is 29.1 Å². The predicted octanol–water partition coefficient (Wildman–Crippen LogP) is 4.37. The number of benzene rings is 1. The van der Waals surface area contributed by atoms with Crippen LogP contribution in [0.4, 0.5) is 5.69 Å². The zero-order chi connectivity index (χ0) is 22.6. The summed E-state index contributed by atoms with van der Waals surface area (Å²) in [7, 11) is 0. The Morgan fingerprint density at radius 2 is 1.91 bits per heavy atom. The number of likely N-dealkylation sites (tertiary alicyclic amines) is 1. The maximum absolute atomic E-state index is 12.6. The first-order chi connectivity index (χ1) is 16.2. The van der Waals surface area contributed by atoms with Gasteiger partial charge in [-0.1, -0.05) is 12.1 Å². The zero-order valence-corrected chi connectivity index (χ0v) is 20.5. The molecule has 0 spiro atoms. The van der Waals surface area contributed by atoms with Gasteiger partial charge in [0.2, 0.25) is 5.91 Å². The van der Waals surface area contributed by atoms with Crippen LogP contribution in [0.25, 0.3) is 10.2 Å². The Balaban J connectivity index is 1.11. The summed E-state index contributed by atoms with van der Waals surface area (Å²) in [6.45, 7) is 3.55. The Kier molecular flexibility index (Phi) is 7.13. The second-order valence-corrected chi connectivity index (χ2v) is 11.0. The molecule has 8 heteroatoms. The van der Waals surface area contributed by atoms with Crippen LogP contribution in [-0.4, -0.2) is 46.2 Å². The van der Waals surface area contributed by atoms with Gasteiger partial charge in [-0.25, -0.2) is 4.98 Å². The number of carbonyl (C=O) groups is 1. The van der Waals surface area contributed by atoms with Crippen molar-refractivity contribution >= 4 is 44.9 Å². The molecule has 5 rings (SSSR count). The van der Waals surface area contributed by atoms with Crippen LogP contribution < -0.4 is 10.9 Å². The molecule has 1 aromatic carbocycles. The number of amides is 1. The van der Waals surface area contributed by atoms with Crippen LogP contribution >= 0.6 is 23.1 Å². The molecule has 0 atom stereocenters. The largest absolute Gasteiger partial charge is 0.325 e. The van der Waals surface area contributed by atoms with Gasteiger partial charge in [-0.2, -0.15) is 0 Å². The van der Waals surface area contributed by atoms with E-state index in [1.54, 1.807) is 11.3 Å². The molecule has 1 saturated heterocycles. The molecule has 0 saturated carbocycles. The second-order valence-electron chi connectivity index (χ2n) is 8.94. The fraction of sp³-hybridized carbons (Fsp3) is 0.480. The third-order valence-corrected chi connectivity index (χ3v) is 8.63. The van der Waals surface area contributed by atoms with Crippen LogP contribution in [-0.2, 0) is 29.8 Å². The average Bonchev–Trinajstić information content (AvgIpc) is 3.46. The number of nitrogens with zero attached hydrogens (tertiary/aromatic N) is 2.